The van der Waals surface area contributed by atoms with E-state index >= 15 is 0 Å². The second-order valence-corrected chi connectivity index (χ2v) is 7.52. The number of benzene rings is 2. The number of urea groups is 1. The van der Waals surface area contributed by atoms with Crippen LogP contribution in [0.25, 0.3) is 5.69 Å². The molecule has 8 heteroatoms. The summed E-state index contributed by atoms with van der Waals surface area (Å²) in [5.41, 5.74) is 2.61. The summed E-state index contributed by atoms with van der Waals surface area (Å²) in [5.74, 6) is 0. The molecule has 0 saturated heterocycles. The van der Waals surface area contributed by atoms with Gasteiger partial charge in [0.15, 0.2) is 0 Å². The van der Waals surface area contributed by atoms with E-state index in [2.05, 4.69) is 10.6 Å². The van der Waals surface area contributed by atoms with Crippen molar-refractivity contribution in [3.05, 3.63) is 78.6 Å². The van der Waals surface area contributed by atoms with Crippen LogP contribution in [-0.4, -0.2) is 25.6 Å². The molecular formula is C19H20N4O3S. The molecule has 4 N–H and O–H groups in total. The van der Waals surface area contributed by atoms with Gasteiger partial charge in [0.05, 0.1) is 4.90 Å². The highest BCUT2D eigenvalue weighted by atomic mass is 32.2. The summed E-state index contributed by atoms with van der Waals surface area (Å²) < 4.78 is 24.4. The first kappa shape index (κ1) is 18.7. The monoisotopic (exact) mass is 384 g/mol. The van der Waals surface area contributed by atoms with Gasteiger partial charge in [-0.1, -0.05) is 12.1 Å². The van der Waals surface area contributed by atoms with Crippen LogP contribution in [0.15, 0.2) is 78.0 Å². The Hall–Kier alpha value is -3.10. The number of hydrogen-bond acceptors (Lipinski definition) is 3. The van der Waals surface area contributed by atoms with Crippen LogP contribution in [0.2, 0.25) is 0 Å². The van der Waals surface area contributed by atoms with Crippen molar-refractivity contribution in [2.75, 3.05) is 11.9 Å². The highest BCUT2D eigenvalue weighted by Crippen LogP contribution is 2.13. The van der Waals surface area contributed by atoms with Crippen molar-refractivity contribution in [1.29, 1.82) is 0 Å². The van der Waals surface area contributed by atoms with Crippen LogP contribution in [0.4, 0.5) is 10.5 Å². The molecular weight excluding hydrogens is 364 g/mol. The number of rotatable bonds is 6. The van der Waals surface area contributed by atoms with Crippen LogP contribution in [0.5, 0.6) is 0 Å². The van der Waals surface area contributed by atoms with E-state index in [0.717, 1.165) is 11.3 Å². The average molecular weight is 384 g/mol. The van der Waals surface area contributed by atoms with Crippen LogP contribution in [-0.2, 0) is 16.4 Å². The third-order valence-electron chi connectivity index (χ3n) is 3.98. The lowest BCUT2D eigenvalue weighted by Crippen LogP contribution is -2.30. The van der Waals surface area contributed by atoms with Crippen molar-refractivity contribution in [2.45, 2.75) is 11.3 Å². The number of carbonyl (C=O) groups excluding carboxylic acids is 1. The van der Waals surface area contributed by atoms with Gasteiger partial charge in [-0.2, -0.15) is 0 Å². The summed E-state index contributed by atoms with van der Waals surface area (Å²) >= 11 is 0. The molecule has 0 fully saturated rings. The molecule has 7 nitrogen and oxygen atoms in total. The van der Waals surface area contributed by atoms with Crippen molar-refractivity contribution >= 4 is 21.7 Å². The summed E-state index contributed by atoms with van der Waals surface area (Å²) in [6, 6.07) is 17.4. The Morgan fingerprint density at radius 1 is 0.963 bits per heavy atom. The van der Waals surface area contributed by atoms with Gasteiger partial charge in [-0.15, -0.1) is 0 Å². The maximum Gasteiger partial charge on any atom is 0.319 e. The number of sulfonamides is 1. The van der Waals surface area contributed by atoms with Gasteiger partial charge in [0, 0.05) is 30.3 Å². The van der Waals surface area contributed by atoms with E-state index in [1.54, 1.807) is 12.1 Å². The molecule has 0 atom stereocenters. The Labute approximate surface area is 157 Å². The van der Waals surface area contributed by atoms with Crippen LogP contribution in [0.3, 0.4) is 0 Å². The highest BCUT2D eigenvalue weighted by Gasteiger charge is 2.07. The maximum atomic E-state index is 12.0. The number of nitrogens with one attached hydrogen (secondary N) is 2. The largest absolute Gasteiger partial charge is 0.338 e. The number of aromatic nitrogens is 1. The summed E-state index contributed by atoms with van der Waals surface area (Å²) in [6.45, 7) is 0.419. The van der Waals surface area contributed by atoms with Gasteiger partial charge < -0.3 is 15.2 Å². The van der Waals surface area contributed by atoms with E-state index in [4.69, 9.17) is 5.14 Å². The van der Waals surface area contributed by atoms with Gasteiger partial charge >= 0.3 is 6.03 Å². The number of nitrogens with zero attached hydrogens (tertiary/aromatic N) is 1. The lowest BCUT2D eigenvalue weighted by molar-refractivity contribution is 0.252. The zero-order valence-corrected chi connectivity index (χ0v) is 15.3. The minimum absolute atomic E-state index is 0.0697. The predicted molar refractivity (Wildman–Crippen MR) is 104 cm³/mol. The molecule has 3 rings (SSSR count). The molecule has 2 amide bonds. The van der Waals surface area contributed by atoms with E-state index in [1.165, 1.54) is 12.1 Å². The molecule has 0 aliphatic rings. The van der Waals surface area contributed by atoms with Crippen molar-refractivity contribution in [1.82, 2.24) is 9.88 Å². The fourth-order valence-corrected chi connectivity index (χ4v) is 3.08. The summed E-state index contributed by atoms with van der Waals surface area (Å²) in [7, 11) is -3.69. The predicted octanol–water partition coefficient (Wildman–Crippen LogP) is 2.49. The van der Waals surface area contributed by atoms with E-state index in [1.807, 2.05) is 53.4 Å². The second kappa shape index (κ2) is 8.07. The van der Waals surface area contributed by atoms with Gasteiger partial charge in [-0.05, 0) is 60.5 Å². The highest BCUT2D eigenvalue weighted by molar-refractivity contribution is 7.89. The molecule has 0 aliphatic carbocycles. The van der Waals surface area contributed by atoms with Gasteiger partial charge in [0.25, 0.3) is 0 Å². The molecule has 0 spiro atoms. The van der Waals surface area contributed by atoms with Gasteiger partial charge in [0.2, 0.25) is 10.0 Å². The van der Waals surface area contributed by atoms with E-state index in [0.29, 0.717) is 18.7 Å². The smallest absolute Gasteiger partial charge is 0.319 e. The van der Waals surface area contributed by atoms with Gasteiger partial charge in [-0.25, -0.2) is 18.4 Å². The molecule has 0 saturated carbocycles. The van der Waals surface area contributed by atoms with E-state index in [9.17, 15) is 13.2 Å². The average Bonchev–Trinajstić information content (AvgIpc) is 3.17. The van der Waals surface area contributed by atoms with Crippen molar-refractivity contribution in [3.8, 4) is 5.69 Å². The fourth-order valence-electron chi connectivity index (χ4n) is 2.57. The normalized spacial score (nSPS) is 11.1. The molecule has 27 heavy (non-hydrogen) atoms. The molecule has 1 heterocycles. The van der Waals surface area contributed by atoms with Crippen LogP contribution in [0, 0.1) is 0 Å². The minimum Gasteiger partial charge on any atom is -0.338 e. The quantitative estimate of drug-likeness (QED) is 0.608. The SMILES string of the molecule is NS(=O)(=O)c1ccc(CCNC(=O)Nc2ccc(-n3cccc3)cc2)cc1. The first-order chi connectivity index (χ1) is 12.9. The van der Waals surface area contributed by atoms with Crippen LogP contribution >= 0.6 is 0 Å². The Morgan fingerprint density at radius 2 is 1.59 bits per heavy atom. The molecule has 0 radical (unpaired) electrons. The van der Waals surface area contributed by atoms with Crippen molar-refractivity contribution in [2.24, 2.45) is 5.14 Å². The van der Waals surface area contributed by atoms with E-state index in [-0.39, 0.29) is 10.9 Å². The minimum atomic E-state index is -3.69. The number of anilines is 1. The number of carbonyl (C=O) groups is 1. The van der Waals surface area contributed by atoms with Crippen molar-refractivity contribution < 1.29 is 13.2 Å². The molecule has 3 aromatic rings. The summed E-state index contributed by atoms with van der Waals surface area (Å²) in [4.78, 5) is 12.0. The Morgan fingerprint density at radius 3 is 2.19 bits per heavy atom. The summed E-state index contributed by atoms with van der Waals surface area (Å²) in [5, 5.41) is 10.6. The maximum absolute atomic E-state index is 12.0. The topological polar surface area (TPSA) is 106 Å². The fraction of sp³-hybridized carbons (Fsp3) is 0.105. The Balaban J connectivity index is 1.47. The molecule has 0 unspecified atom stereocenters. The number of amides is 2. The second-order valence-electron chi connectivity index (χ2n) is 5.96. The zero-order chi connectivity index (χ0) is 19.3. The van der Waals surface area contributed by atoms with E-state index < -0.39 is 10.0 Å². The van der Waals surface area contributed by atoms with Crippen LogP contribution < -0.4 is 15.8 Å². The lowest BCUT2D eigenvalue weighted by atomic mass is 10.1. The Kier molecular flexibility index (Phi) is 5.58. The van der Waals surface area contributed by atoms with Gasteiger partial charge in [-0.3, -0.25) is 0 Å². The molecule has 0 bridgehead atoms. The number of primary sulfonamides is 1. The van der Waals surface area contributed by atoms with Gasteiger partial charge in [0.1, 0.15) is 0 Å². The molecule has 0 aliphatic heterocycles. The number of nitrogens with two attached hydrogens (primary N) is 1. The van der Waals surface area contributed by atoms with Crippen molar-refractivity contribution in [3.63, 3.8) is 0 Å². The molecule has 140 valence electrons. The third-order valence-corrected chi connectivity index (χ3v) is 4.91. The third kappa shape index (κ3) is 5.19. The zero-order valence-electron chi connectivity index (χ0n) is 14.5. The first-order valence-corrected chi connectivity index (χ1v) is 9.86. The van der Waals surface area contributed by atoms with Crippen LogP contribution in [0.1, 0.15) is 5.56 Å². The molecule has 2 aromatic carbocycles. The standard InChI is InChI=1S/C19H20N4O3S/c20-27(25,26)18-9-3-15(4-10-18)11-12-21-19(24)22-16-5-7-17(8-6-16)23-13-1-2-14-23/h1-10,13-14H,11-12H2,(H2,20,25,26)(H2,21,22,24). The molecule has 1 aromatic heterocycles. The number of hydrogen-bond donors (Lipinski definition) is 3. The first-order valence-electron chi connectivity index (χ1n) is 8.32. The lowest BCUT2D eigenvalue weighted by Gasteiger charge is -2.09. The summed E-state index contributed by atoms with van der Waals surface area (Å²) in [6.07, 6.45) is 4.47. The Bertz CT molecular complexity index is 996.